The highest BCUT2D eigenvalue weighted by atomic mass is 79.9. The lowest BCUT2D eigenvalue weighted by Crippen LogP contribution is -2.35. The van der Waals surface area contributed by atoms with Gasteiger partial charge in [0.05, 0.1) is 6.61 Å². The summed E-state index contributed by atoms with van der Waals surface area (Å²) in [6.45, 7) is 3.40. The van der Waals surface area contributed by atoms with Crippen molar-refractivity contribution in [1.29, 1.82) is 0 Å². The van der Waals surface area contributed by atoms with Crippen LogP contribution in [0.2, 0.25) is 5.02 Å². The largest absolute Gasteiger partial charge is 0.396 e. The molecule has 0 radical (unpaired) electrons. The summed E-state index contributed by atoms with van der Waals surface area (Å²) >= 11 is 9.44. The van der Waals surface area contributed by atoms with Crippen LogP contribution in [0.25, 0.3) is 0 Å². The van der Waals surface area contributed by atoms with Crippen LogP contribution >= 0.6 is 27.5 Å². The smallest absolute Gasteiger partial charge is 0.0536 e. The van der Waals surface area contributed by atoms with E-state index < -0.39 is 0 Å². The molecule has 1 fully saturated rings. The molecule has 1 aliphatic rings. The fourth-order valence-corrected chi connectivity index (χ4v) is 3.26. The summed E-state index contributed by atoms with van der Waals surface area (Å²) in [7, 11) is 0. The summed E-state index contributed by atoms with van der Waals surface area (Å²) in [4.78, 5) is 0. The van der Waals surface area contributed by atoms with Gasteiger partial charge < -0.3 is 15.2 Å². The Morgan fingerprint density at radius 3 is 2.95 bits per heavy atom. The van der Waals surface area contributed by atoms with Gasteiger partial charge in [-0.3, -0.25) is 0 Å². The van der Waals surface area contributed by atoms with Gasteiger partial charge in [-0.05, 0) is 30.5 Å². The zero-order valence-corrected chi connectivity index (χ0v) is 13.1. The van der Waals surface area contributed by atoms with E-state index in [1.165, 1.54) is 5.56 Å². The minimum absolute atomic E-state index is 0.0909. The van der Waals surface area contributed by atoms with Crippen LogP contribution < -0.4 is 5.32 Å². The van der Waals surface area contributed by atoms with Crippen LogP contribution in [-0.2, 0) is 11.3 Å². The summed E-state index contributed by atoms with van der Waals surface area (Å²) in [5.41, 5.74) is 1.27. The molecule has 1 aromatic rings. The Labute approximate surface area is 127 Å². The second kappa shape index (κ2) is 7.04. The quantitative estimate of drug-likeness (QED) is 0.830. The van der Waals surface area contributed by atoms with Gasteiger partial charge in [0.25, 0.3) is 0 Å². The molecule has 0 saturated carbocycles. The minimum atomic E-state index is 0.0909. The number of ether oxygens (including phenoxy) is 1. The Morgan fingerprint density at radius 2 is 2.32 bits per heavy atom. The SMILES string of the molecule is OCCC1(CNCc2ccc(Cl)cc2Br)CCOC1. The van der Waals surface area contributed by atoms with Gasteiger partial charge in [-0.1, -0.05) is 33.6 Å². The summed E-state index contributed by atoms with van der Waals surface area (Å²) in [6.07, 6.45) is 1.81. The molecule has 2 rings (SSSR count). The topological polar surface area (TPSA) is 41.5 Å². The lowest BCUT2D eigenvalue weighted by molar-refractivity contribution is 0.124. The molecule has 1 aromatic carbocycles. The molecule has 2 N–H and O–H groups in total. The summed E-state index contributed by atoms with van der Waals surface area (Å²) in [6, 6.07) is 5.82. The van der Waals surface area contributed by atoms with Crippen LogP contribution in [0.15, 0.2) is 22.7 Å². The van der Waals surface area contributed by atoms with E-state index in [0.717, 1.165) is 48.6 Å². The number of rotatable bonds is 6. The van der Waals surface area contributed by atoms with Crippen LogP contribution in [0.3, 0.4) is 0 Å². The third-order valence-corrected chi connectivity index (χ3v) is 4.63. The average molecular weight is 349 g/mol. The number of aliphatic hydroxyl groups excluding tert-OH is 1. The number of benzene rings is 1. The van der Waals surface area contributed by atoms with E-state index >= 15 is 0 Å². The molecule has 1 heterocycles. The van der Waals surface area contributed by atoms with Crippen LogP contribution in [-0.4, -0.2) is 31.5 Å². The van der Waals surface area contributed by atoms with Crippen molar-refractivity contribution in [3.05, 3.63) is 33.3 Å². The normalized spacial score (nSPS) is 22.9. The Balaban J connectivity index is 1.88. The predicted octanol–water partition coefficient (Wildman–Crippen LogP) is 2.98. The maximum absolute atomic E-state index is 9.18. The molecular formula is C14H19BrClNO2. The van der Waals surface area contributed by atoms with E-state index in [9.17, 15) is 5.11 Å². The molecule has 1 unspecified atom stereocenters. The van der Waals surface area contributed by atoms with Gasteiger partial charge in [0.2, 0.25) is 0 Å². The van der Waals surface area contributed by atoms with E-state index in [0.29, 0.717) is 0 Å². The van der Waals surface area contributed by atoms with Gasteiger partial charge in [-0.15, -0.1) is 0 Å². The summed E-state index contributed by atoms with van der Waals surface area (Å²) in [5, 5.41) is 13.4. The Hall–Kier alpha value is -0.130. The molecule has 3 nitrogen and oxygen atoms in total. The molecule has 0 bridgehead atoms. The highest BCUT2D eigenvalue weighted by Crippen LogP contribution is 2.31. The van der Waals surface area contributed by atoms with Crippen LogP contribution in [0.4, 0.5) is 0 Å². The van der Waals surface area contributed by atoms with Gasteiger partial charge in [-0.2, -0.15) is 0 Å². The van der Waals surface area contributed by atoms with Crippen molar-refractivity contribution in [1.82, 2.24) is 5.32 Å². The van der Waals surface area contributed by atoms with Crippen LogP contribution in [0.5, 0.6) is 0 Å². The molecule has 106 valence electrons. The molecule has 0 aliphatic carbocycles. The van der Waals surface area contributed by atoms with Crippen molar-refractivity contribution in [2.75, 3.05) is 26.4 Å². The highest BCUT2D eigenvalue weighted by Gasteiger charge is 2.33. The molecular weight excluding hydrogens is 330 g/mol. The fourth-order valence-electron chi connectivity index (χ4n) is 2.44. The first-order valence-corrected chi connectivity index (χ1v) is 7.66. The van der Waals surface area contributed by atoms with E-state index in [4.69, 9.17) is 16.3 Å². The third kappa shape index (κ3) is 4.17. The number of halogens is 2. The van der Waals surface area contributed by atoms with Gasteiger partial charge >= 0.3 is 0 Å². The molecule has 0 amide bonds. The maximum atomic E-state index is 9.18. The summed E-state index contributed by atoms with van der Waals surface area (Å²) in [5.74, 6) is 0. The van der Waals surface area contributed by atoms with Gasteiger partial charge in [0.1, 0.15) is 0 Å². The van der Waals surface area contributed by atoms with Gasteiger partial charge in [0.15, 0.2) is 0 Å². The van der Waals surface area contributed by atoms with Crippen LogP contribution in [0.1, 0.15) is 18.4 Å². The van der Waals surface area contributed by atoms with Crippen molar-refractivity contribution in [3.8, 4) is 0 Å². The van der Waals surface area contributed by atoms with Crippen LogP contribution in [0, 0.1) is 5.41 Å². The molecule has 1 atom stereocenters. The first-order chi connectivity index (χ1) is 9.15. The lowest BCUT2D eigenvalue weighted by atomic mass is 9.84. The maximum Gasteiger partial charge on any atom is 0.0536 e. The average Bonchev–Trinajstić information content (AvgIpc) is 2.81. The van der Waals surface area contributed by atoms with Gasteiger partial charge in [0, 0.05) is 41.2 Å². The zero-order chi connectivity index (χ0) is 13.7. The van der Waals surface area contributed by atoms with Crippen molar-refractivity contribution < 1.29 is 9.84 Å². The van der Waals surface area contributed by atoms with Crippen molar-refractivity contribution in [2.24, 2.45) is 5.41 Å². The lowest BCUT2D eigenvalue weighted by Gasteiger charge is -2.27. The molecule has 1 saturated heterocycles. The minimum Gasteiger partial charge on any atom is -0.396 e. The molecule has 1 aliphatic heterocycles. The summed E-state index contributed by atoms with van der Waals surface area (Å²) < 4.78 is 6.50. The predicted molar refractivity (Wildman–Crippen MR) is 80.4 cm³/mol. The van der Waals surface area contributed by atoms with Gasteiger partial charge in [-0.25, -0.2) is 0 Å². The molecule has 19 heavy (non-hydrogen) atoms. The van der Waals surface area contributed by atoms with E-state index in [-0.39, 0.29) is 12.0 Å². The standard InChI is InChI=1S/C14H19BrClNO2/c15-13-7-12(16)2-1-11(13)8-17-9-14(3-5-18)4-6-19-10-14/h1-2,7,17-18H,3-6,8-10H2. The molecule has 5 heteroatoms. The van der Waals surface area contributed by atoms with Crippen molar-refractivity contribution in [2.45, 2.75) is 19.4 Å². The number of nitrogens with one attached hydrogen (secondary N) is 1. The Bertz CT molecular complexity index is 422. The highest BCUT2D eigenvalue weighted by molar-refractivity contribution is 9.10. The van der Waals surface area contributed by atoms with E-state index in [2.05, 4.69) is 21.2 Å². The second-order valence-corrected chi connectivity index (χ2v) is 6.41. The fraction of sp³-hybridized carbons (Fsp3) is 0.571. The monoisotopic (exact) mass is 347 g/mol. The molecule has 0 spiro atoms. The third-order valence-electron chi connectivity index (χ3n) is 3.66. The van der Waals surface area contributed by atoms with E-state index in [1.807, 2.05) is 18.2 Å². The number of aliphatic hydroxyl groups is 1. The van der Waals surface area contributed by atoms with Crippen molar-refractivity contribution in [3.63, 3.8) is 0 Å². The Morgan fingerprint density at radius 1 is 1.47 bits per heavy atom. The van der Waals surface area contributed by atoms with E-state index in [1.54, 1.807) is 0 Å². The van der Waals surface area contributed by atoms with Crippen molar-refractivity contribution >= 4 is 27.5 Å². The zero-order valence-electron chi connectivity index (χ0n) is 10.8. The number of hydrogen-bond acceptors (Lipinski definition) is 3. The first kappa shape index (κ1) is 15.3. The first-order valence-electron chi connectivity index (χ1n) is 6.48. The molecule has 0 aromatic heterocycles. The Kier molecular flexibility index (Phi) is 5.66. The number of hydrogen-bond donors (Lipinski definition) is 2. The second-order valence-electron chi connectivity index (χ2n) is 5.12.